The highest BCUT2D eigenvalue weighted by molar-refractivity contribution is 5.95. The molecule has 6 nitrogen and oxygen atoms in total. The second-order valence-corrected chi connectivity index (χ2v) is 5.50. The molecule has 3 rings (SSSR count). The predicted molar refractivity (Wildman–Crippen MR) is 82.6 cm³/mol. The van der Waals surface area contributed by atoms with Gasteiger partial charge in [0.05, 0.1) is 5.56 Å². The largest absolute Gasteiger partial charge is 0.505 e. The van der Waals surface area contributed by atoms with Gasteiger partial charge >= 0.3 is 5.97 Å². The summed E-state index contributed by atoms with van der Waals surface area (Å²) in [6.07, 6.45) is 2.14. The van der Waals surface area contributed by atoms with Crippen LogP contribution in [0.3, 0.4) is 0 Å². The van der Waals surface area contributed by atoms with Gasteiger partial charge in [0.25, 0.3) is 5.91 Å². The molecule has 2 N–H and O–H groups in total. The Morgan fingerprint density at radius 2 is 1.96 bits per heavy atom. The minimum atomic E-state index is -0.965. The zero-order chi connectivity index (χ0) is 16.4. The molecule has 1 aromatic carbocycles. The Bertz CT molecular complexity index is 760. The van der Waals surface area contributed by atoms with Gasteiger partial charge in [0.1, 0.15) is 5.75 Å². The Hall–Kier alpha value is -2.89. The highest BCUT2D eigenvalue weighted by Crippen LogP contribution is 2.31. The fourth-order valence-corrected chi connectivity index (χ4v) is 2.96. The van der Waals surface area contributed by atoms with Gasteiger partial charge in [-0.05, 0) is 30.2 Å². The predicted octanol–water partition coefficient (Wildman–Crippen LogP) is 2.12. The molecule has 1 amide bonds. The fourth-order valence-electron chi connectivity index (χ4n) is 2.96. The molecule has 2 heterocycles. The average molecular weight is 312 g/mol. The Labute approximate surface area is 133 Å². The number of hydrogen-bond donors (Lipinski definition) is 2. The first-order chi connectivity index (χ1) is 11.1. The topological polar surface area (TPSA) is 90.7 Å². The van der Waals surface area contributed by atoms with Crippen LogP contribution in [0.4, 0.5) is 0 Å². The Morgan fingerprint density at radius 1 is 1.17 bits per heavy atom. The summed E-state index contributed by atoms with van der Waals surface area (Å²) in [5.74, 6) is -1.48. The minimum Gasteiger partial charge on any atom is -0.505 e. The van der Waals surface area contributed by atoms with Crippen molar-refractivity contribution in [3.8, 4) is 5.75 Å². The molecule has 1 fully saturated rings. The smallest absolute Gasteiger partial charge is 0.335 e. The Kier molecular flexibility index (Phi) is 3.97. The van der Waals surface area contributed by atoms with Crippen molar-refractivity contribution in [2.24, 2.45) is 0 Å². The van der Waals surface area contributed by atoms with Crippen LogP contribution in [-0.2, 0) is 0 Å². The summed E-state index contributed by atoms with van der Waals surface area (Å²) in [7, 11) is 0. The van der Waals surface area contributed by atoms with E-state index in [2.05, 4.69) is 4.98 Å². The number of hydrogen-bond acceptors (Lipinski definition) is 4. The first-order valence-electron chi connectivity index (χ1n) is 7.33. The van der Waals surface area contributed by atoms with Crippen LogP contribution in [0.15, 0.2) is 42.6 Å². The van der Waals surface area contributed by atoms with Gasteiger partial charge in [-0.1, -0.05) is 18.2 Å². The summed E-state index contributed by atoms with van der Waals surface area (Å²) >= 11 is 0. The monoisotopic (exact) mass is 312 g/mol. The minimum absolute atomic E-state index is 0.0275. The van der Waals surface area contributed by atoms with Gasteiger partial charge in [-0.15, -0.1) is 0 Å². The summed E-state index contributed by atoms with van der Waals surface area (Å²) in [6, 6.07) is 9.84. The molecular formula is C17H16N2O4. The number of carboxylic acids is 1. The molecular weight excluding hydrogens is 296 g/mol. The maximum atomic E-state index is 12.5. The molecule has 1 aliphatic heterocycles. The first-order valence-corrected chi connectivity index (χ1v) is 7.33. The quantitative estimate of drug-likeness (QED) is 0.906. The van der Waals surface area contributed by atoms with Gasteiger partial charge in [0.15, 0.2) is 5.69 Å². The molecule has 1 saturated heterocycles. The highest BCUT2D eigenvalue weighted by Gasteiger charge is 2.31. The zero-order valence-electron chi connectivity index (χ0n) is 12.3. The molecule has 23 heavy (non-hydrogen) atoms. The number of carbonyl (C=O) groups is 2. The third-order valence-corrected chi connectivity index (χ3v) is 4.10. The number of carbonyl (C=O) groups excluding carboxylic acids is 1. The lowest BCUT2D eigenvalue weighted by molar-refractivity contribution is 0.0695. The molecule has 0 radical (unpaired) electrons. The number of likely N-dealkylation sites (tertiary alicyclic amines) is 1. The molecule has 1 unspecified atom stereocenters. The maximum absolute atomic E-state index is 12.5. The van der Waals surface area contributed by atoms with Crippen LogP contribution < -0.4 is 0 Å². The van der Waals surface area contributed by atoms with Crippen molar-refractivity contribution in [1.82, 2.24) is 9.88 Å². The van der Waals surface area contributed by atoms with Gasteiger partial charge < -0.3 is 15.1 Å². The lowest BCUT2D eigenvalue weighted by Gasteiger charge is -2.17. The maximum Gasteiger partial charge on any atom is 0.335 e. The van der Waals surface area contributed by atoms with E-state index in [1.165, 1.54) is 12.3 Å². The third kappa shape index (κ3) is 2.88. The first kappa shape index (κ1) is 15.0. The Morgan fingerprint density at radius 3 is 2.70 bits per heavy atom. The number of benzene rings is 1. The van der Waals surface area contributed by atoms with Crippen molar-refractivity contribution in [1.29, 1.82) is 0 Å². The van der Waals surface area contributed by atoms with E-state index in [-0.39, 0.29) is 28.8 Å². The van der Waals surface area contributed by atoms with E-state index < -0.39 is 5.97 Å². The SMILES string of the molecule is O=C(O)c1ccccc1C1CCN(C(=O)c2ncccc2O)C1. The van der Waals surface area contributed by atoms with E-state index in [4.69, 9.17) is 0 Å². The summed E-state index contributed by atoms with van der Waals surface area (Å²) in [5, 5.41) is 19.0. The number of rotatable bonds is 3. The van der Waals surface area contributed by atoms with Crippen LogP contribution in [0, 0.1) is 0 Å². The van der Waals surface area contributed by atoms with Crippen LogP contribution in [0.2, 0.25) is 0 Å². The zero-order valence-corrected chi connectivity index (χ0v) is 12.3. The van der Waals surface area contributed by atoms with Crippen LogP contribution in [0.1, 0.15) is 38.7 Å². The second-order valence-electron chi connectivity index (χ2n) is 5.50. The summed E-state index contributed by atoms with van der Waals surface area (Å²) in [6.45, 7) is 0.923. The summed E-state index contributed by atoms with van der Waals surface area (Å²) in [4.78, 5) is 29.3. The number of pyridine rings is 1. The Balaban J connectivity index is 1.81. The van der Waals surface area contributed by atoms with Crippen LogP contribution >= 0.6 is 0 Å². The molecule has 1 atom stereocenters. The fraction of sp³-hybridized carbons (Fsp3) is 0.235. The number of aromatic carboxylic acids is 1. The van der Waals surface area contributed by atoms with E-state index >= 15 is 0 Å². The standard InChI is InChI=1S/C17H16N2O4/c20-14-6-3-8-18-15(14)16(21)19-9-7-11(10-19)12-4-1-2-5-13(12)17(22)23/h1-6,8,11,20H,7,9-10H2,(H,22,23). The lowest BCUT2D eigenvalue weighted by atomic mass is 9.93. The molecule has 2 aromatic rings. The average Bonchev–Trinajstić information content (AvgIpc) is 3.04. The van der Waals surface area contributed by atoms with E-state index in [1.807, 2.05) is 0 Å². The number of aromatic nitrogens is 1. The number of carboxylic acid groups (broad SMARTS) is 1. The molecule has 1 aromatic heterocycles. The van der Waals surface area contributed by atoms with E-state index in [9.17, 15) is 19.8 Å². The van der Waals surface area contributed by atoms with Gasteiger partial charge in [0, 0.05) is 25.2 Å². The molecule has 0 saturated carbocycles. The molecule has 1 aliphatic rings. The summed E-state index contributed by atoms with van der Waals surface area (Å²) < 4.78 is 0. The molecule has 0 bridgehead atoms. The van der Waals surface area contributed by atoms with Crippen molar-refractivity contribution in [3.63, 3.8) is 0 Å². The van der Waals surface area contributed by atoms with Crippen molar-refractivity contribution in [2.45, 2.75) is 12.3 Å². The molecule has 0 aliphatic carbocycles. The van der Waals surface area contributed by atoms with Crippen LogP contribution in [0.5, 0.6) is 5.75 Å². The number of aromatic hydroxyl groups is 1. The van der Waals surface area contributed by atoms with Crippen molar-refractivity contribution < 1.29 is 19.8 Å². The van der Waals surface area contributed by atoms with Crippen LogP contribution in [-0.4, -0.2) is 45.1 Å². The van der Waals surface area contributed by atoms with E-state index in [0.717, 1.165) is 5.56 Å². The van der Waals surface area contributed by atoms with Gasteiger partial charge in [-0.3, -0.25) is 4.79 Å². The molecule has 6 heteroatoms. The van der Waals surface area contributed by atoms with Crippen molar-refractivity contribution >= 4 is 11.9 Å². The van der Waals surface area contributed by atoms with Gasteiger partial charge in [0.2, 0.25) is 0 Å². The second kappa shape index (κ2) is 6.08. The van der Waals surface area contributed by atoms with E-state index in [0.29, 0.717) is 19.5 Å². The van der Waals surface area contributed by atoms with Crippen LogP contribution in [0.25, 0.3) is 0 Å². The third-order valence-electron chi connectivity index (χ3n) is 4.10. The van der Waals surface area contributed by atoms with Crippen molar-refractivity contribution in [2.75, 3.05) is 13.1 Å². The molecule has 0 spiro atoms. The van der Waals surface area contributed by atoms with Gasteiger partial charge in [-0.2, -0.15) is 0 Å². The van der Waals surface area contributed by atoms with Crippen molar-refractivity contribution in [3.05, 3.63) is 59.4 Å². The van der Waals surface area contributed by atoms with Gasteiger partial charge in [-0.25, -0.2) is 9.78 Å². The number of amides is 1. The normalized spacial score (nSPS) is 17.2. The molecule has 118 valence electrons. The number of nitrogens with zero attached hydrogens (tertiary/aromatic N) is 2. The lowest BCUT2D eigenvalue weighted by Crippen LogP contribution is -2.29. The van der Waals surface area contributed by atoms with E-state index in [1.54, 1.807) is 35.2 Å². The summed E-state index contributed by atoms with van der Waals surface area (Å²) in [5.41, 5.74) is 1.03. The highest BCUT2D eigenvalue weighted by atomic mass is 16.4.